The first kappa shape index (κ1) is 15.9. The molecule has 0 radical (unpaired) electrons. The summed E-state index contributed by atoms with van der Waals surface area (Å²) in [6.45, 7) is 5.18. The molecule has 1 aliphatic carbocycles. The van der Waals surface area contributed by atoms with Crippen LogP contribution in [0.3, 0.4) is 0 Å². The van der Waals surface area contributed by atoms with Crippen LogP contribution in [0.2, 0.25) is 0 Å². The molecule has 2 rings (SSSR count). The van der Waals surface area contributed by atoms with E-state index < -0.39 is 5.97 Å². The number of aromatic nitrogens is 2. The third-order valence-corrected chi connectivity index (χ3v) is 4.77. The molecule has 0 unspecified atom stereocenters. The van der Waals surface area contributed by atoms with Crippen molar-refractivity contribution >= 4 is 11.8 Å². The zero-order valence-corrected chi connectivity index (χ0v) is 13.4. The molecular weight excluding hydrogens is 266 g/mol. The Morgan fingerprint density at radius 2 is 1.90 bits per heavy atom. The standard InChI is InChI=1S/C16H27N3O2/c1-4-11-6-8-12(9-7-11)10-19-13(5-2)18-14(15(19)17)16(20)21-3/h11-12H,4-10,17H2,1-3H3. The Morgan fingerprint density at radius 3 is 2.43 bits per heavy atom. The molecule has 0 atom stereocenters. The van der Waals surface area contributed by atoms with E-state index in [2.05, 4.69) is 11.9 Å². The SMILES string of the molecule is CCc1nc(C(=O)OC)c(N)n1CC1CCC(CC)CC1. The summed E-state index contributed by atoms with van der Waals surface area (Å²) in [6.07, 6.45) is 7.15. The summed E-state index contributed by atoms with van der Waals surface area (Å²) in [6, 6.07) is 0. The monoisotopic (exact) mass is 293 g/mol. The second-order valence-corrected chi connectivity index (χ2v) is 6.01. The largest absolute Gasteiger partial charge is 0.464 e. The second kappa shape index (κ2) is 6.96. The molecule has 0 spiro atoms. The topological polar surface area (TPSA) is 70.1 Å². The molecular formula is C16H27N3O2. The van der Waals surface area contributed by atoms with E-state index in [1.807, 2.05) is 11.5 Å². The van der Waals surface area contributed by atoms with Crippen LogP contribution in [0.15, 0.2) is 0 Å². The number of hydrogen-bond donors (Lipinski definition) is 1. The quantitative estimate of drug-likeness (QED) is 0.847. The van der Waals surface area contributed by atoms with Gasteiger partial charge in [0.15, 0.2) is 5.69 Å². The van der Waals surface area contributed by atoms with Gasteiger partial charge in [0.25, 0.3) is 0 Å². The van der Waals surface area contributed by atoms with Gasteiger partial charge in [-0.05, 0) is 24.7 Å². The second-order valence-electron chi connectivity index (χ2n) is 6.01. The molecule has 1 saturated carbocycles. The number of aryl methyl sites for hydroxylation is 1. The number of nitrogens with zero attached hydrogens (tertiary/aromatic N) is 2. The van der Waals surface area contributed by atoms with E-state index in [1.165, 1.54) is 39.2 Å². The average Bonchev–Trinajstić information content (AvgIpc) is 2.84. The fraction of sp³-hybridized carbons (Fsp3) is 0.750. The van der Waals surface area contributed by atoms with Crippen LogP contribution >= 0.6 is 0 Å². The molecule has 0 saturated heterocycles. The normalized spacial score (nSPS) is 22.2. The van der Waals surface area contributed by atoms with E-state index in [0.717, 1.165) is 24.7 Å². The lowest BCUT2D eigenvalue weighted by molar-refractivity contribution is 0.0595. The Morgan fingerprint density at radius 1 is 1.29 bits per heavy atom. The molecule has 1 aromatic heterocycles. The van der Waals surface area contributed by atoms with Crippen molar-refractivity contribution in [2.75, 3.05) is 12.8 Å². The summed E-state index contributed by atoms with van der Waals surface area (Å²) in [5, 5.41) is 0. The fourth-order valence-corrected chi connectivity index (χ4v) is 3.31. The van der Waals surface area contributed by atoms with Gasteiger partial charge in [-0.1, -0.05) is 33.1 Å². The molecule has 1 heterocycles. The van der Waals surface area contributed by atoms with Gasteiger partial charge in [0.05, 0.1) is 7.11 Å². The maximum absolute atomic E-state index is 11.7. The Kier molecular flexibility index (Phi) is 5.26. The predicted molar refractivity (Wildman–Crippen MR) is 83.1 cm³/mol. The van der Waals surface area contributed by atoms with E-state index in [0.29, 0.717) is 11.7 Å². The highest BCUT2D eigenvalue weighted by Crippen LogP contribution is 2.32. The lowest BCUT2D eigenvalue weighted by atomic mass is 9.81. The molecule has 0 bridgehead atoms. The van der Waals surface area contributed by atoms with Gasteiger partial charge < -0.3 is 15.0 Å². The molecule has 2 N–H and O–H groups in total. The molecule has 1 fully saturated rings. The zero-order valence-electron chi connectivity index (χ0n) is 13.4. The first-order chi connectivity index (χ1) is 10.1. The van der Waals surface area contributed by atoms with Gasteiger partial charge >= 0.3 is 5.97 Å². The van der Waals surface area contributed by atoms with E-state index in [1.54, 1.807) is 0 Å². The van der Waals surface area contributed by atoms with Crippen molar-refractivity contribution in [1.29, 1.82) is 0 Å². The minimum Gasteiger partial charge on any atom is -0.464 e. The first-order valence-electron chi connectivity index (χ1n) is 8.03. The lowest BCUT2D eigenvalue weighted by Gasteiger charge is -2.28. The minimum atomic E-state index is -0.448. The van der Waals surface area contributed by atoms with Crippen molar-refractivity contribution < 1.29 is 9.53 Å². The number of carbonyl (C=O) groups excluding carboxylic acids is 1. The number of anilines is 1. The molecule has 5 nitrogen and oxygen atoms in total. The zero-order chi connectivity index (χ0) is 15.4. The number of nitrogens with two attached hydrogens (primary N) is 1. The molecule has 0 aliphatic heterocycles. The van der Waals surface area contributed by atoms with E-state index in [9.17, 15) is 4.79 Å². The molecule has 5 heteroatoms. The third-order valence-electron chi connectivity index (χ3n) is 4.77. The summed E-state index contributed by atoms with van der Waals surface area (Å²) >= 11 is 0. The Labute approximate surface area is 126 Å². The summed E-state index contributed by atoms with van der Waals surface area (Å²) in [4.78, 5) is 16.1. The minimum absolute atomic E-state index is 0.261. The van der Waals surface area contributed by atoms with E-state index in [-0.39, 0.29) is 5.69 Å². The van der Waals surface area contributed by atoms with Crippen LogP contribution in [0.25, 0.3) is 0 Å². The summed E-state index contributed by atoms with van der Waals surface area (Å²) < 4.78 is 6.77. The number of imidazole rings is 1. The van der Waals surface area contributed by atoms with Gasteiger partial charge in [-0.3, -0.25) is 0 Å². The Balaban J connectivity index is 2.12. The van der Waals surface area contributed by atoms with Crippen molar-refractivity contribution in [2.45, 2.75) is 58.9 Å². The third kappa shape index (κ3) is 3.39. The van der Waals surface area contributed by atoms with Crippen molar-refractivity contribution in [3.8, 4) is 0 Å². The van der Waals surface area contributed by atoms with Gasteiger partial charge in [0, 0.05) is 13.0 Å². The smallest absolute Gasteiger partial charge is 0.360 e. The number of nitrogen functional groups attached to an aromatic ring is 1. The van der Waals surface area contributed by atoms with Crippen molar-refractivity contribution in [1.82, 2.24) is 9.55 Å². The molecule has 118 valence electrons. The van der Waals surface area contributed by atoms with Crippen molar-refractivity contribution in [3.05, 3.63) is 11.5 Å². The fourth-order valence-electron chi connectivity index (χ4n) is 3.31. The summed E-state index contributed by atoms with van der Waals surface area (Å²) in [5.74, 6) is 2.41. The molecule has 0 amide bonds. The predicted octanol–water partition coefficient (Wildman–Crippen LogP) is 3.03. The van der Waals surface area contributed by atoms with Gasteiger partial charge in [-0.2, -0.15) is 0 Å². The molecule has 0 aromatic carbocycles. The van der Waals surface area contributed by atoms with E-state index in [4.69, 9.17) is 10.5 Å². The number of rotatable bonds is 5. The van der Waals surface area contributed by atoms with Crippen LogP contribution in [-0.2, 0) is 17.7 Å². The summed E-state index contributed by atoms with van der Waals surface area (Å²) in [5.41, 5.74) is 6.39. The highest BCUT2D eigenvalue weighted by Gasteiger charge is 2.25. The average molecular weight is 293 g/mol. The Bertz CT molecular complexity index is 488. The van der Waals surface area contributed by atoms with Crippen LogP contribution < -0.4 is 5.73 Å². The highest BCUT2D eigenvalue weighted by molar-refractivity contribution is 5.92. The molecule has 21 heavy (non-hydrogen) atoms. The number of esters is 1. The highest BCUT2D eigenvalue weighted by atomic mass is 16.5. The summed E-state index contributed by atoms with van der Waals surface area (Å²) in [7, 11) is 1.36. The van der Waals surface area contributed by atoms with Gasteiger partial charge in [0.1, 0.15) is 11.6 Å². The number of carbonyl (C=O) groups is 1. The van der Waals surface area contributed by atoms with Crippen LogP contribution in [0.5, 0.6) is 0 Å². The van der Waals surface area contributed by atoms with Crippen LogP contribution in [-0.4, -0.2) is 22.6 Å². The number of hydrogen-bond acceptors (Lipinski definition) is 4. The first-order valence-corrected chi connectivity index (χ1v) is 8.03. The number of ether oxygens (including phenoxy) is 1. The van der Waals surface area contributed by atoms with Crippen molar-refractivity contribution in [2.24, 2.45) is 11.8 Å². The van der Waals surface area contributed by atoms with Crippen LogP contribution in [0.1, 0.15) is 62.3 Å². The van der Waals surface area contributed by atoms with E-state index >= 15 is 0 Å². The maximum atomic E-state index is 11.7. The van der Waals surface area contributed by atoms with Crippen LogP contribution in [0.4, 0.5) is 5.82 Å². The number of methoxy groups -OCH3 is 1. The molecule has 1 aromatic rings. The van der Waals surface area contributed by atoms with Gasteiger partial charge in [-0.15, -0.1) is 0 Å². The van der Waals surface area contributed by atoms with Crippen LogP contribution in [0, 0.1) is 11.8 Å². The van der Waals surface area contributed by atoms with Crippen molar-refractivity contribution in [3.63, 3.8) is 0 Å². The van der Waals surface area contributed by atoms with Gasteiger partial charge in [0.2, 0.25) is 0 Å². The lowest BCUT2D eigenvalue weighted by Crippen LogP contribution is -2.20. The van der Waals surface area contributed by atoms with Gasteiger partial charge in [-0.25, -0.2) is 9.78 Å². The molecule has 1 aliphatic rings. The maximum Gasteiger partial charge on any atom is 0.360 e. The Hall–Kier alpha value is -1.52.